The lowest BCUT2D eigenvalue weighted by Gasteiger charge is -2.16. The third-order valence-electron chi connectivity index (χ3n) is 2.74. The Kier molecular flexibility index (Phi) is 3.12. The van der Waals surface area contributed by atoms with Crippen molar-refractivity contribution in [3.63, 3.8) is 0 Å². The van der Waals surface area contributed by atoms with Crippen LogP contribution < -0.4 is 5.32 Å². The van der Waals surface area contributed by atoms with E-state index >= 15 is 0 Å². The van der Waals surface area contributed by atoms with Gasteiger partial charge in [0.05, 0.1) is 0 Å². The first-order chi connectivity index (χ1) is 5.61. The maximum Gasteiger partial charge on any atom is 0.223 e. The molecule has 1 heterocycles. The summed E-state index contributed by atoms with van der Waals surface area (Å²) in [4.78, 5) is 11.5. The van der Waals surface area contributed by atoms with E-state index in [0.717, 1.165) is 13.0 Å². The molecule has 2 atom stereocenters. The van der Waals surface area contributed by atoms with E-state index in [9.17, 15) is 4.79 Å². The summed E-state index contributed by atoms with van der Waals surface area (Å²) in [6, 6.07) is 0. The highest BCUT2D eigenvalue weighted by Gasteiger charge is 2.25. The maximum atomic E-state index is 11.5. The average Bonchev–Trinajstić information content (AvgIpc) is 2.14. The third kappa shape index (κ3) is 2.23. The topological polar surface area (TPSA) is 29.1 Å². The molecule has 2 unspecified atom stereocenters. The van der Waals surface area contributed by atoms with Crippen molar-refractivity contribution in [1.82, 2.24) is 5.32 Å². The molecule has 2 nitrogen and oxygen atoms in total. The number of carbonyl (C=O) groups excluding carboxylic acids is 1. The maximum absolute atomic E-state index is 11.5. The van der Waals surface area contributed by atoms with Crippen molar-refractivity contribution in [2.45, 2.75) is 33.6 Å². The molecule has 0 aromatic carbocycles. The number of hydrogen-bond acceptors (Lipinski definition) is 1. The van der Waals surface area contributed by atoms with Gasteiger partial charge >= 0.3 is 0 Å². The Bertz CT molecular complexity index is 165. The van der Waals surface area contributed by atoms with Crippen LogP contribution in [0.5, 0.6) is 0 Å². The molecule has 1 fully saturated rings. The zero-order chi connectivity index (χ0) is 9.14. The van der Waals surface area contributed by atoms with Crippen molar-refractivity contribution >= 4 is 5.91 Å². The average molecular weight is 169 g/mol. The van der Waals surface area contributed by atoms with Crippen molar-refractivity contribution in [2.75, 3.05) is 6.54 Å². The molecular weight excluding hydrogens is 150 g/mol. The molecule has 0 bridgehead atoms. The van der Waals surface area contributed by atoms with E-state index in [1.807, 2.05) is 0 Å². The number of amides is 1. The Morgan fingerprint density at radius 3 is 2.67 bits per heavy atom. The van der Waals surface area contributed by atoms with Crippen LogP contribution in [0.2, 0.25) is 0 Å². The van der Waals surface area contributed by atoms with Crippen LogP contribution in [0.4, 0.5) is 0 Å². The molecule has 2 heteroatoms. The van der Waals surface area contributed by atoms with Gasteiger partial charge in [0.1, 0.15) is 0 Å². The Hall–Kier alpha value is -0.530. The summed E-state index contributed by atoms with van der Waals surface area (Å²) in [5.74, 6) is 1.64. The van der Waals surface area contributed by atoms with Gasteiger partial charge in [-0.05, 0) is 24.7 Å². The summed E-state index contributed by atoms with van der Waals surface area (Å²) in [7, 11) is 0. The molecular formula is C10H19NO. The number of hydrogen-bond donors (Lipinski definition) is 1. The van der Waals surface area contributed by atoms with E-state index in [0.29, 0.717) is 11.8 Å². The van der Waals surface area contributed by atoms with E-state index < -0.39 is 0 Å². The zero-order valence-corrected chi connectivity index (χ0v) is 8.26. The Balaban J connectivity index is 2.56. The van der Waals surface area contributed by atoms with Crippen LogP contribution in [0, 0.1) is 17.8 Å². The molecule has 1 amide bonds. The van der Waals surface area contributed by atoms with Gasteiger partial charge in [-0.15, -0.1) is 0 Å². The second kappa shape index (κ2) is 3.92. The van der Waals surface area contributed by atoms with E-state index in [-0.39, 0.29) is 11.8 Å². The van der Waals surface area contributed by atoms with Crippen LogP contribution in [0.1, 0.15) is 33.6 Å². The van der Waals surface area contributed by atoms with Gasteiger partial charge < -0.3 is 5.32 Å². The zero-order valence-electron chi connectivity index (χ0n) is 8.26. The van der Waals surface area contributed by atoms with Crippen molar-refractivity contribution in [3.8, 4) is 0 Å². The molecule has 0 aromatic rings. The standard InChI is InChI=1S/C10H19NO/c1-7(2)9-5-4-8(3)6-11-10(9)12/h7-9H,4-6H2,1-3H3,(H,11,12). The largest absolute Gasteiger partial charge is 0.356 e. The molecule has 1 saturated heterocycles. The van der Waals surface area contributed by atoms with Crippen molar-refractivity contribution < 1.29 is 4.79 Å². The fraction of sp³-hybridized carbons (Fsp3) is 0.900. The van der Waals surface area contributed by atoms with Gasteiger partial charge in [0, 0.05) is 12.5 Å². The van der Waals surface area contributed by atoms with Gasteiger partial charge in [-0.3, -0.25) is 4.79 Å². The molecule has 0 aromatic heterocycles. The lowest BCUT2D eigenvalue weighted by Crippen LogP contribution is -2.32. The minimum absolute atomic E-state index is 0.245. The highest BCUT2D eigenvalue weighted by Crippen LogP contribution is 2.22. The van der Waals surface area contributed by atoms with Gasteiger partial charge in [-0.2, -0.15) is 0 Å². The van der Waals surface area contributed by atoms with E-state index in [1.54, 1.807) is 0 Å². The van der Waals surface area contributed by atoms with E-state index in [2.05, 4.69) is 26.1 Å². The third-order valence-corrected chi connectivity index (χ3v) is 2.74. The summed E-state index contributed by atoms with van der Waals surface area (Å²) < 4.78 is 0. The van der Waals surface area contributed by atoms with Gasteiger partial charge in [-0.1, -0.05) is 20.8 Å². The highest BCUT2D eigenvalue weighted by molar-refractivity contribution is 5.79. The van der Waals surface area contributed by atoms with E-state index in [1.165, 1.54) is 6.42 Å². The smallest absolute Gasteiger partial charge is 0.223 e. The van der Waals surface area contributed by atoms with E-state index in [4.69, 9.17) is 0 Å². The lowest BCUT2D eigenvalue weighted by atomic mass is 9.89. The van der Waals surface area contributed by atoms with Gasteiger partial charge in [0.2, 0.25) is 5.91 Å². The van der Waals surface area contributed by atoms with Crippen LogP contribution >= 0.6 is 0 Å². The van der Waals surface area contributed by atoms with Crippen LogP contribution in [0.3, 0.4) is 0 Å². The second-order valence-electron chi connectivity index (χ2n) is 4.28. The van der Waals surface area contributed by atoms with Crippen LogP contribution in [0.25, 0.3) is 0 Å². The summed E-state index contributed by atoms with van der Waals surface area (Å²) in [5.41, 5.74) is 0. The Morgan fingerprint density at radius 1 is 1.42 bits per heavy atom. The molecule has 0 spiro atoms. The molecule has 1 rings (SSSR count). The minimum Gasteiger partial charge on any atom is -0.356 e. The fourth-order valence-electron chi connectivity index (χ4n) is 1.74. The summed E-state index contributed by atoms with van der Waals surface area (Å²) in [6.45, 7) is 7.31. The quantitative estimate of drug-likeness (QED) is 0.637. The van der Waals surface area contributed by atoms with Crippen LogP contribution in [-0.4, -0.2) is 12.5 Å². The van der Waals surface area contributed by atoms with Crippen molar-refractivity contribution in [3.05, 3.63) is 0 Å². The lowest BCUT2D eigenvalue weighted by molar-refractivity contribution is -0.126. The molecule has 1 N–H and O–H groups in total. The van der Waals surface area contributed by atoms with Gasteiger partial charge in [0.15, 0.2) is 0 Å². The van der Waals surface area contributed by atoms with Crippen molar-refractivity contribution in [1.29, 1.82) is 0 Å². The predicted molar refractivity (Wildman–Crippen MR) is 49.7 cm³/mol. The second-order valence-corrected chi connectivity index (χ2v) is 4.28. The van der Waals surface area contributed by atoms with Gasteiger partial charge in [-0.25, -0.2) is 0 Å². The molecule has 70 valence electrons. The monoisotopic (exact) mass is 169 g/mol. The summed E-state index contributed by atoms with van der Waals surface area (Å²) in [6.07, 6.45) is 2.24. The predicted octanol–water partition coefficient (Wildman–Crippen LogP) is 1.80. The molecule has 1 aliphatic rings. The van der Waals surface area contributed by atoms with Crippen molar-refractivity contribution in [2.24, 2.45) is 17.8 Å². The first kappa shape index (κ1) is 9.56. The van der Waals surface area contributed by atoms with Crippen LogP contribution in [0.15, 0.2) is 0 Å². The number of rotatable bonds is 1. The normalized spacial score (nSPS) is 31.5. The summed E-state index contributed by atoms with van der Waals surface area (Å²) in [5, 5.41) is 2.99. The highest BCUT2D eigenvalue weighted by atomic mass is 16.1. The number of nitrogens with one attached hydrogen (secondary N) is 1. The molecule has 0 radical (unpaired) electrons. The van der Waals surface area contributed by atoms with Gasteiger partial charge in [0.25, 0.3) is 0 Å². The van der Waals surface area contributed by atoms with Crippen LogP contribution in [-0.2, 0) is 4.79 Å². The first-order valence-electron chi connectivity index (χ1n) is 4.89. The molecule has 12 heavy (non-hydrogen) atoms. The Morgan fingerprint density at radius 2 is 2.08 bits per heavy atom. The molecule has 0 aliphatic carbocycles. The Labute approximate surface area is 74.7 Å². The SMILES string of the molecule is CC1CCC(C(C)C)C(=O)NC1. The molecule has 1 aliphatic heterocycles. The minimum atomic E-state index is 0.245. The number of carbonyl (C=O) groups is 1. The first-order valence-corrected chi connectivity index (χ1v) is 4.89. The fourth-order valence-corrected chi connectivity index (χ4v) is 1.74. The molecule has 0 saturated carbocycles. The summed E-state index contributed by atoms with van der Waals surface area (Å²) >= 11 is 0.